The van der Waals surface area contributed by atoms with Crippen molar-refractivity contribution in [3.8, 4) is 5.75 Å². The van der Waals surface area contributed by atoms with Gasteiger partial charge in [0.05, 0.1) is 4.90 Å². The molecule has 2 N–H and O–H groups in total. The molecule has 0 fully saturated rings. The van der Waals surface area contributed by atoms with E-state index < -0.39 is 10.0 Å². The SMILES string of the molecule is CCn1ncnc1COc1cc(C)c(S(N)(=O)=O)c(C)c1. The smallest absolute Gasteiger partial charge is 0.238 e. The number of nitrogens with two attached hydrogens (primary N) is 1. The number of rotatable bonds is 5. The molecule has 0 aliphatic heterocycles. The number of hydrogen-bond donors (Lipinski definition) is 1. The zero-order chi connectivity index (χ0) is 15.6. The van der Waals surface area contributed by atoms with E-state index in [1.165, 1.54) is 6.33 Å². The summed E-state index contributed by atoms with van der Waals surface area (Å²) in [6.07, 6.45) is 1.47. The molecule has 1 aromatic carbocycles. The number of hydrogen-bond acceptors (Lipinski definition) is 5. The van der Waals surface area contributed by atoms with Crippen LogP contribution < -0.4 is 9.88 Å². The van der Waals surface area contributed by atoms with E-state index in [9.17, 15) is 8.42 Å². The van der Waals surface area contributed by atoms with Crippen molar-refractivity contribution in [3.05, 3.63) is 35.4 Å². The first kappa shape index (κ1) is 15.5. The van der Waals surface area contributed by atoms with Crippen molar-refractivity contribution in [1.82, 2.24) is 14.8 Å². The molecule has 0 amide bonds. The summed E-state index contributed by atoms with van der Waals surface area (Å²) >= 11 is 0. The van der Waals surface area contributed by atoms with Crippen LogP contribution in [-0.4, -0.2) is 23.2 Å². The number of primary sulfonamides is 1. The molecule has 0 spiro atoms. The molecular formula is C13H18N4O3S. The molecule has 0 atom stereocenters. The first-order chi connectivity index (χ1) is 9.82. The Bertz CT molecular complexity index is 730. The number of benzene rings is 1. The third kappa shape index (κ3) is 3.40. The van der Waals surface area contributed by atoms with Crippen molar-refractivity contribution in [2.45, 2.75) is 38.8 Å². The second-order valence-electron chi connectivity index (χ2n) is 4.71. The van der Waals surface area contributed by atoms with Gasteiger partial charge in [-0.15, -0.1) is 0 Å². The van der Waals surface area contributed by atoms with Crippen LogP contribution in [-0.2, 0) is 23.2 Å². The van der Waals surface area contributed by atoms with Gasteiger partial charge in [0.25, 0.3) is 0 Å². The maximum Gasteiger partial charge on any atom is 0.238 e. The lowest BCUT2D eigenvalue weighted by atomic mass is 10.1. The molecule has 0 bridgehead atoms. The molecule has 2 rings (SSSR count). The predicted molar refractivity (Wildman–Crippen MR) is 77.3 cm³/mol. The number of sulfonamides is 1. The van der Waals surface area contributed by atoms with E-state index in [4.69, 9.17) is 9.88 Å². The van der Waals surface area contributed by atoms with Crippen molar-refractivity contribution in [2.24, 2.45) is 5.14 Å². The molecule has 0 unspecified atom stereocenters. The molecule has 0 aliphatic rings. The van der Waals surface area contributed by atoms with Crippen LogP contribution in [0, 0.1) is 13.8 Å². The fraction of sp³-hybridized carbons (Fsp3) is 0.385. The van der Waals surface area contributed by atoms with E-state index in [0.29, 0.717) is 29.2 Å². The van der Waals surface area contributed by atoms with Crippen LogP contribution in [0.2, 0.25) is 0 Å². The molecular weight excluding hydrogens is 292 g/mol. The van der Waals surface area contributed by atoms with Crippen molar-refractivity contribution in [3.63, 3.8) is 0 Å². The Hall–Kier alpha value is -1.93. The molecule has 2 aromatic rings. The first-order valence-corrected chi connectivity index (χ1v) is 8.01. The summed E-state index contributed by atoms with van der Waals surface area (Å²) in [6, 6.07) is 3.30. The van der Waals surface area contributed by atoms with E-state index in [0.717, 1.165) is 0 Å². The van der Waals surface area contributed by atoms with Gasteiger partial charge in [-0.25, -0.2) is 23.2 Å². The second-order valence-corrected chi connectivity index (χ2v) is 6.21. The van der Waals surface area contributed by atoms with Gasteiger partial charge >= 0.3 is 0 Å². The fourth-order valence-electron chi connectivity index (χ4n) is 2.25. The summed E-state index contributed by atoms with van der Waals surface area (Å²) in [7, 11) is -3.73. The third-order valence-corrected chi connectivity index (χ3v) is 4.29. The largest absolute Gasteiger partial charge is 0.486 e. The van der Waals surface area contributed by atoms with Crippen LogP contribution in [0.25, 0.3) is 0 Å². The molecule has 0 saturated carbocycles. The zero-order valence-corrected chi connectivity index (χ0v) is 13.0. The van der Waals surface area contributed by atoms with Gasteiger partial charge in [-0.05, 0) is 44.0 Å². The van der Waals surface area contributed by atoms with Gasteiger partial charge in [-0.1, -0.05) is 0 Å². The summed E-state index contributed by atoms with van der Waals surface area (Å²) in [4.78, 5) is 4.26. The first-order valence-electron chi connectivity index (χ1n) is 6.46. The van der Waals surface area contributed by atoms with Crippen molar-refractivity contribution >= 4 is 10.0 Å². The maximum atomic E-state index is 11.5. The van der Waals surface area contributed by atoms with Gasteiger partial charge in [0.2, 0.25) is 10.0 Å². The van der Waals surface area contributed by atoms with Gasteiger partial charge < -0.3 is 4.74 Å². The van der Waals surface area contributed by atoms with E-state index >= 15 is 0 Å². The summed E-state index contributed by atoms with van der Waals surface area (Å²) in [5.74, 6) is 1.28. The molecule has 7 nitrogen and oxygen atoms in total. The highest BCUT2D eigenvalue weighted by molar-refractivity contribution is 7.89. The minimum atomic E-state index is -3.73. The predicted octanol–water partition coefficient (Wildman–Crippen LogP) is 1.14. The summed E-state index contributed by atoms with van der Waals surface area (Å²) in [5.41, 5.74) is 1.12. The highest BCUT2D eigenvalue weighted by Gasteiger charge is 2.16. The van der Waals surface area contributed by atoms with Gasteiger partial charge in [0.1, 0.15) is 18.7 Å². The van der Waals surface area contributed by atoms with Crippen molar-refractivity contribution in [2.75, 3.05) is 0 Å². The molecule has 21 heavy (non-hydrogen) atoms. The lowest BCUT2D eigenvalue weighted by molar-refractivity contribution is 0.286. The Morgan fingerprint density at radius 1 is 1.29 bits per heavy atom. The molecule has 0 saturated heterocycles. The molecule has 1 aromatic heterocycles. The molecule has 8 heteroatoms. The average molecular weight is 310 g/mol. The number of aromatic nitrogens is 3. The standard InChI is InChI=1S/C13H18N4O3S/c1-4-17-12(15-8-16-17)7-20-11-5-9(2)13(10(3)6-11)21(14,18)19/h5-6,8H,4,7H2,1-3H3,(H2,14,18,19). The van der Waals surface area contributed by atoms with E-state index in [1.54, 1.807) is 30.7 Å². The Balaban J connectivity index is 2.23. The van der Waals surface area contributed by atoms with Gasteiger partial charge in [0, 0.05) is 6.54 Å². The van der Waals surface area contributed by atoms with Crippen LogP contribution in [0.15, 0.2) is 23.4 Å². The summed E-state index contributed by atoms with van der Waals surface area (Å²) in [6.45, 7) is 6.32. The van der Waals surface area contributed by atoms with Crippen LogP contribution in [0.1, 0.15) is 23.9 Å². The summed E-state index contributed by atoms with van der Waals surface area (Å²) in [5, 5.41) is 9.27. The zero-order valence-electron chi connectivity index (χ0n) is 12.2. The molecule has 114 valence electrons. The van der Waals surface area contributed by atoms with Crippen LogP contribution in [0.5, 0.6) is 5.75 Å². The molecule has 1 heterocycles. The minimum Gasteiger partial charge on any atom is -0.486 e. The average Bonchev–Trinajstić information content (AvgIpc) is 2.81. The van der Waals surface area contributed by atoms with Crippen LogP contribution >= 0.6 is 0 Å². The number of nitrogens with zero attached hydrogens (tertiary/aromatic N) is 3. The maximum absolute atomic E-state index is 11.5. The lowest BCUT2D eigenvalue weighted by Gasteiger charge is -2.12. The number of ether oxygens (including phenoxy) is 1. The van der Waals surface area contributed by atoms with Crippen molar-refractivity contribution in [1.29, 1.82) is 0 Å². The summed E-state index contributed by atoms with van der Waals surface area (Å²) < 4.78 is 30.5. The number of aryl methyl sites for hydroxylation is 3. The van der Waals surface area contributed by atoms with Gasteiger partial charge in [-0.2, -0.15) is 5.10 Å². The Kier molecular flexibility index (Phi) is 4.29. The minimum absolute atomic E-state index is 0.145. The van der Waals surface area contributed by atoms with Crippen LogP contribution in [0.3, 0.4) is 0 Å². The Labute approximate surface area is 123 Å². The highest BCUT2D eigenvalue weighted by Crippen LogP contribution is 2.25. The van der Waals surface area contributed by atoms with Gasteiger partial charge in [0.15, 0.2) is 5.82 Å². The lowest BCUT2D eigenvalue weighted by Crippen LogP contribution is -2.15. The Morgan fingerprint density at radius 3 is 2.43 bits per heavy atom. The van der Waals surface area contributed by atoms with Crippen molar-refractivity contribution < 1.29 is 13.2 Å². The van der Waals surface area contributed by atoms with E-state index in [-0.39, 0.29) is 11.5 Å². The van der Waals surface area contributed by atoms with Gasteiger partial charge in [-0.3, -0.25) is 0 Å². The van der Waals surface area contributed by atoms with E-state index in [2.05, 4.69) is 10.1 Å². The fourth-order valence-corrected chi connectivity index (χ4v) is 3.27. The normalized spacial score (nSPS) is 11.6. The highest BCUT2D eigenvalue weighted by atomic mass is 32.2. The monoisotopic (exact) mass is 310 g/mol. The third-order valence-electron chi connectivity index (χ3n) is 3.08. The second kappa shape index (κ2) is 5.82. The van der Waals surface area contributed by atoms with Crippen LogP contribution in [0.4, 0.5) is 0 Å². The Morgan fingerprint density at radius 2 is 1.90 bits per heavy atom. The topological polar surface area (TPSA) is 100 Å². The quantitative estimate of drug-likeness (QED) is 0.892. The molecule has 0 aliphatic carbocycles. The molecule has 0 radical (unpaired) electrons. The van der Waals surface area contributed by atoms with E-state index in [1.807, 2.05) is 6.92 Å².